The van der Waals surface area contributed by atoms with E-state index in [1.807, 2.05) is 60.7 Å². The molecule has 0 bridgehead atoms. The quantitative estimate of drug-likeness (QED) is 0.338. The first-order chi connectivity index (χ1) is 18.6. The summed E-state index contributed by atoms with van der Waals surface area (Å²) in [4.78, 5) is 21.3. The molecule has 0 fully saturated rings. The zero-order valence-electron chi connectivity index (χ0n) is 21.5. The van der Waals surface area contributed by atoms with Crippen molar-refractivity contribution in [2.45, 2.75) is 31.0 Å². The standard InChI is InChI=1S/C31H32N2O5/c1-3-16-33-21-25-9-5-4-8-24(25)20-31(30(33)35)28(23-10-6-11-27(19-23)36-2)38-29(32-31)22-12-14-26(15-13-22)37-18-7-17-34/h3-6,8-15,19,28,34H,1,7,16-18,20-21H2,2H3/t28-,31-/m0/s1. The maximum atomic E-state index is 14.4. The van der Waals surface area contributed by atoms with Crippen LogP contribution in [-0.2, 0) is 22.5 Å². The molecule has 7 heteroatoms. The first-order valence-electron chi connectivity index (χ1n) is 12.8. The van der Waals surface area contributed by atoms with Gasteiger partial charge >= 0.3 is 0 Å². The third kappa shape index (κ3) is 4.89. The van der Waals surface area contributed by atoms with Gasteiger partial charge in [-0.3, -0.25) is 4.79 Å². The van der Waals surface area contributed by atoms with E-state index in [9.17, 15) is 4.79 Å². The zero-order chi connectivity index (χ0) is 26.5. The minimum Gasteiger partial charge on any atom is -0.497 e. The van der Waals surface area contributed by atoms with Crippen LogP contribution in [0.25, 0.3) is 0 Å². The average molecular weight is 513 g/mol. The molecule has 2 heterocycles. The SMILES string of the molecule is C=CCN1Cc2ccccc2C[C@@]2(N=C(c3ccc(OCCCO)cc3)O[C@H]2c2cccc(OC)c2)C1=O. The second kappa shape index (κ2) is 11.1. The third-order valence-electron chi connectivity index (χ3n) is 6.98. The summed E-state index contributed by atoms with van der Waals surface area (Å²) in [5.41, 5.74) is 2.54. The van der Waals surface area contributed by atoms with Gasteiger partial charge in [0.2, 0.25) is 5.90 Å². The number of rotatable bonds is 9. The molecule has 3 aromatic carbocycles. The molecular formula is C31H32N2O5. The van der Waals surface area contributed by atoms with Gasteiger partial charge in [0.15, 0.2) is 11.6 Å². The van der Waals surface area contributed by atoms with Gasteiger partial charge in [0, 0.05) is 38.1 Å². The van der Waals surface area contributed by atoms with Crippen LogP contribution >= 0.6 is 0 Å². The van der Waals surface area contributed by atoms with Crippen molar-refractivity contribution >= 4 is 11.8 Å². The normalized spacial score (nSPS) is 20.4. The van der Waals surface area contributed by atoms with E-state index in [-0.39, 0.29) is 12.5 Å². The maximum absolute atomic E-state index is 14.4. The van der Waals surface area contributed by atoms with Crippen LogP contribution < -0.4 is 9.47 Å². The van der Waals surface area contributed by atoms with Gasteiger partial charge in [-0.1, -0.05) is 42.5 Å². The minimum atomic E-state index is -1.20. The van der Waals surface area contributed by atoms with E-state index in [0.29, 0.717) is 49.9 Å². The molecular weight excluding hydrogens is 480 g/mol. The largest absolute Gasteiger partial charge is 0.497 e. The van der Waals surface area contributed by atoms with Gasteiger partial charge < -0.3 is 24.2 Å². The predicted molar refractivity (Wildman–Crippen MR) is 145 cm³/mol. The zero-order valence-corrected chi connectivity index (χ0v) is 21.5. The fraction of sp³-hybridized carbons (Fsp3) is 0.290. The number of nitrogens with zero attached hydrogens (tertiary/aromatic N) is 2. The first kappa shape index (κ1) is 25.5. The van der Waals surface area contributed by atoms with Crippen LogP contribution in [0.1, 0.15) is 34.8 Å². The molecule has 0 saturated carbocycles. The van der Waals surface area contributed by atoms with Crippen LogP contribution in [0.3, 0.4) is 0 Å². The molecule has 38 heavy (non-hydrogen) atoms. The molecule has 3 aromatic rings. The number of amides is 1. The summed E-state index contributed by atoms with van der Waals surface area (Å²) < 4.78 is 17.7. The average Bonchev–Trinajstić information content (AvgIpc) is 3.29. The maximum Gasteiger partial charge on any atom is 0.255 e. The van der Waals surface area contributed by atoms with Crippen LogP contribution in [0.15, 0.2) is 90.4 Å². The minimum absolute atomic E-state index is 0.0799. The van der Waals surface area contributed by atoms with Gasteiger partial charge in [-0.15, -0.1) is 6.58 Å². The van der Waals surface area contributed by atoms with Crippen LogP contribution in [0.5, 0.6) is 11.5 Å². The molecule has 5 rings (SSSR count). The van der Waals surface area contributed by atoms with Crippen LogP contribution in [0, 0.1) is 0 Å². The van der Waals surface area contributed by atoms with Crippen molar-refractivity contribution in [2.24, 2.45) is 4.99 Å². The van der Waals surface area contributed by atoms with E-state index in [4.69, 9.17) is 24.3 Å². The van der Waals surface area contributed by atoms with Crippen molar-refractivity contribution < 1.29 is 24.1 Å². The number of benzene rings is 3. The molecule has 0 aromatic heterocycles. The molecule has 2 aliphatic rings. The van der Waals surface area contributed by atoms with Crippen LogP contribution in [0.2, 0.25) is 0 Å². The van der Waals surface area contributed by atoms with Crippen molar-refractivity contribution in [3.63, 3.8) is 0 Å². The second-order valence-corrected chi connectivity index (χ2v) is 9.49. The molecule has 1 amide bonds. The van der Waals surface area contributed by atoms with Crippen LogP contribution in [0.4, 0.5) is 0 Å². The molecule has 1 N–H and O–H groups in total. The lowest BCUT2D eigenvalue weighted by Crippen LogP contribution is -2.50. The van der Waals surface area contributed by atoms with Crippen molar-refractivity contribution in [3.05, 3.63) is 108 Å². The van der Waals surface area contributed by atoms with Crippen molar-refractivity contribution in [2.75, 3.05) is 26.9 Å². The Balaban J connectivity index is 1.60. The second-order valence-electron chi connectivity index (χ2n) is 9.49. The van der Waals surface area contributed by atoms with E-state index >= 15 is 0 Å². The predicted octanol–water partition coefficient (Wildman–Crippen LogP) is 4.48. The third-order valence-corrected chi connectivity index (χ3v) is 6.98. The Labute approximate surface area is 223 Å². The summed E-state index contributed by atoms with van der Waals surface area (Å²) in [5, 5.41) is 9.00. The molecule has 0 unspecified atom stereocenters. The fourth-order valence-electron chi connectivity index (χ4n) is 5.10. The monoisotopic (exact) mass is 512 g/mol. The van der Waals surface area contributed by atoms with Crippen molar-refractivity contribution in [3.8, 4) is 11.5 Å². The van der Waals surface area contributed by atoms with Gasteiger partial charge in [0.25, 0.3) is 5.91 Å². The van der Waals surface area contributed by atoms with Gasteiger partial charge in [0.05, 0.1) is 13.7 Å². The Bertz CT molecular complexity index is 1340. The Morgan fingerprint density at radius 2 is 1.89 bits per heavy atom. The highest BCUT2D eigenvalue weighted by Crippen LogP contribution is 2.45. The van der Waals surface area contributed by atoms with E-state index < -0.39 is 11.6 Å². The summed E-state index contributed by atoms with van der Waals surface area (Å²) >= 11 is 0. The lowest BCUT2D eigenvalue weighted by atomic mass is 9.81. The molecule has 0 saturated heterocycles. The molecule has 0 aliphatic carbocycles. The van der Waals surface area contributed by atoms with Gasteiger partial charge in [0.1, 0.15) is 11.5 Å². The topological polar surface area (TPSA) is 80.6 Å². The molecule has 2 atom stereocenters. The number of hydrogen-bond acceptors (Lipinski definition) is 6. The molecule has 196 valence electrons. The summed E-state index contributed by atoms with van der Waals surface area (Å²) in [7, 11) is 1.62. The van der Waals surface area contributed by atoms with Crippen molar-refractivity contribution in [1.82, 2.24) is 4.90 Å². The number of methoxy groups -OCH3 is 1. The Hall–Kier alpha value is -4.10. The lowest BCUT2D eigenvalue weighted by Gasteiger charge is -2.33. The first-order valence-corrected chi connectivity index (χ1v) is 12.8. The summed E-state index contributed by atoms with van der Waals surface area (Å²) in [6, 6.07) is 23.2. The number of aliphatic hydroxyl groups excluding tert-OH is 1. The molecule has 0 radical (unpaired) electrons. The Kier molecular flexibility index (Phi) is 7.47. The fourth-order valence-corrected chi connectivity index (χ4v) is 5.10. The molecule has 2 aliphatic heterocycles. The Morgan fingerprint density at radius 3 is 2.63 bits per heavy atom. The summed E-state index contributed by atoms with van der Waals surface area (Å²) in [5.74, 6) is 1.69. The highest BCUT2D eigenvalue weighted by molar-refractivity contribution is 6.01. The number of ether oxygens (including phenoxy) is 3. The number of carbonyl (C=O) groups is 1. The smallest absolute Gasteiger partial charge is 0.255 e. The Morgan fingerprint density at radius 1 is 1.11 bits per heavy atom. The number of carbonyl (C=O) groups excluding carboxylic acids is 1. The van der Waals surface area contributed by atoms with E-state index in [2.05, 4.69) is 18.7 Å². The van der Waals surface area contributed by atoms with Crippen LogP contribution in [-0.4, -0.2) is 54.2 Å². The van der Waals surface area contributed by atoms with E-state index in [0.717, 1.165) is 22.3 Å². The van der Waals surface area contributed by atoms with E-state index in [1.54, 1.807) is 18.1 Å². The summed E-state index contributed by atoms with van der Waals surface area (Å²) in [6.07, 6.45) is 2.06. The van der Waals surface area contributed by atoms with Gasteiger partial charge in [-0.2, -0.15) is 0 Å². The lowest BCUT2D eigenvalue weighted by molar-refractivity contribution is -0.139. The highest BCUT2D eigenvalue weighted by atomic mass is 16.5. The molecule has 7 nitrogen and oxygen atoms in total. The number of aliphatic hydroxyl groups is 1. The van der Waals surface area contributed by atoms with Crippen molar-refractivity contribution in [1.29, 1.82) is 0 Å². The van der Waals surface area contributed by atoms with Gasteiger partial charge in [-0.05, 0) is 53.1 Å². The number of fused-ring (bicyclic) bond motifs is 1. The van der Waals surface area contributed by atoms with Gasteiger partial charge in [-0.25, -0.2) is 4.99 Å². The highest BCUT2D eigenvalue weighted by Gasteiger charge is 2.56. The number of hydrogen-bond donors (Lipinski definition) is 1. The molecule has 1 spiro atoms. The van der Waals surface area contributed by atoms with E-state index in [1.165, 1.54) is 0 Å². The summed E-state index contributed by atoms with van der Waals surface area (Å²) in [6.45, 7) is 5.29. The number of aliphatic imine (C=N–C) groups is 1.